The molecule has 0 atom stereocenters. The van der Waals surface area contributed by atoms with E-state index in [0.29, 0.717) is 10.7 Å². The molecule has 1 aromatic heterocycles. The third kappa shape index (κ3) is 3.30. The van der Waals surface area contributed by atoms with Gasteiger partial charge in [0.15, 0.2) is 5.71 Å². The fourth-order valence-corrected chi connectivity index (χ4v) is 1.61. The van der Waals surface area contributed by atoms with Crippen molar-refractivity contribution in [1.82, 2.24) is 4.98 Å². The number of hydrogen-bond donors (Lipinski definition) is 1. The maximum atomic E-state index is 9.07. The van der Waals surface area contributed by atoms with Gasteiger partial charge in [0.05, 0.1) is 5.69 Å². The standard InChI is InChI=1S/C14H11ClN4/c1-10-5-6-11(8-12(10)15)18-19-14(9-16)13-4-2-3-7-17-13/h2-8,18H,1H3/b19-14+. The summed E-state index contributed by atoms with van der Waals surface area (Å²) in [4.78, 5) is 4.07. The van der Waals surface area contributed by atoms with E-state index in [4.69, 9.17) is 16.9 Å². The van der Waals surface area contributed by atoms with Crippen LogP contribution in [0.15, 0.2) is 47.7 Å². The lowest BCUT2D eigenvalue weighted by atomic mass is 10.2. The smallest absolute Gasteiger partial charge is 0.186 e. The van der Waals surface area contributed by atoms with E-state index in [1.807, 2.05) is 25.1 Å². The molecule has 1 aromatic carbocycles. The van der Waals surface area contributed by atoms with Crippen LogP contribution < -0.4 is 5.43 Å². The van der Waals surface area contributed by atoms with E-state index in [1.54, 1.807) is 30.5 Å². The molecule has 19 heavy (non-hydrogen) atoms. The van der Waals surface area contributed by atoms with Gasteiger partial charge in [0, 0.05) is 11.2 Å². The third-order valence-electron chi connectivity index (χ3n) is 2.48. The molecule has 4 nitrogen and oxygen atoms in total. The van der Waals surface area contributed by atoms with Crippen molar-refractivity contribution >= 4 is 23.0 Å². The Balaban J connectivity index is 2.21. The monoisotopic (exact) mass is 270 g/mol. The number of halogens is 1. The SMILES string of the molecule is Cc1ccc(N/N=C(\C#N)c2ccccn2)cc1Cl. The van der Waals surface area contributed by atoms with Crippen molar-refractivity contribution in [2.24, 2.45) is 5.10 Å². The largest absolute Gasteiger partial charge is 0.277 e. The van der Waals surface area contributed by atoms with Crippen LogP contribution >= 0.6 is 11.6 Å². The predicted octanol–water partition coefficient (Wildman–Crippen LogP) is 3.38. The van der Waals surface area contributed by atoms with Crippen molar-refractivity contribution in [3.8, 4) is 6.07 Å². The van der Waals surface area contributed by atoms with Crippen LogP contribution in [0.3, 0.4) is 0 Å². The van der Waals surface area contributed by atoms with Gasteiger partial charge in [-0.25, -0.2) is 0 Å². The Morgan fingerprint density at radius 1 is 1.37 bits per heavy atom. The van der Waals surface area contributed by atoms with Crippen LogP contribution in [-0.4, -0.2) is 10.7 Å². The Morgan fingerprint density at radius 2 is 2.21 bits per heavy atom. The highest BCUT2D eigenvalue weighted by molar-refractivity contribution is 6.31. The number of nitriles is 1. The van der Waals surface area contributed by atoms with E-state index < -0.39 is 0 Å². The minimum Gasteiger partial charge on any atom is -0.277 e. The van der Waals surface area contributed by atoms with Crippen LogP contribution in [0.2, 0.25) is 5.02 Å². The lowest BCUT2D eigenvalue weighted by Crippen LogP contribution is -2.03. The molecule has 0 bridgehead atoms. The predicted molar refractivity (Wildman–Crippen MR) is 76.2 cm³/mol. The minimum atomic E-state index is 0.220. The fraction of sp³-hybridized carbons (Fsp3) is 0.0714. The highest BCUT2D eigenvalue weighted by Gasteiger charge is 2.03. The summed E-state index contributed by atoms with van der Waals surface area (Å²) in [6.07, 6.45) is 1.62. The summed E-state index contributed by atoms with van der Waals surface area (Å²) in [6, 6.07) is 12.8. The van der Waals surface area contributed by atoms with Crippen molar-refractivity contribution in [2.45, 2.75) is 6.92 Å². The van der Waals surface area contributed by atoms with E-state index in [-0.39, 0.29) is 5.71 Å². The average molecular weight is 271 g/mol. The number of aryl methyl sites for hydroxylation is 1. The minimum absolute atomic E-state index is 0.220. The number of benzene rings is 1. The number of aromatic nitrogens is 1. The molecule has 0 saturated heterocycles. The zero-order valence-corrected chi connectivity index (χ0v) is 11.0. The second-order valence-electron chi connectivity index (χ2n) is 3.86. The first kappa shape index (κ1) is 13.1. The lowest BCUT2D eigenvalue weighted by Gasteiger charge is -2.03. The molecule has 0 radical (unpaired) electrons. The molecule has 94 valence electrons. The molecule has 5 heteroatoms. The van der Waals surface area contributed by atoms with Crippen LogP contribution in [0, 0.1) is 18.3 Å². The van der Waals surface area contributed by atoms with Crippen molar-refractivity contribution < 1.29 is 0 Å². The quantitative estimate of drug-likeness (QED) is 0.687. The number of rotatable bonds is 3. The number of hydrogen-bond acceptors (Lipinski definition) is 4. The first-order chi connectivity index (χ1) is 9.20. The molecule has 0 aliphatic heterocycles. The Labute approximate surface area is 116 Å². The van der Waals surface area contributed by atoms with E-state index in [1.165, 1.54) is 0 Å². The zero-order chi connectivity index (χ0) is 13.7. The maximum absolute atomic E-state index is 9.07. The molecule has 2 rings (SSSR count). The van der Waals surface area contributed by atoms with Crippen LogP contribution in [0.4, 0.5) is 5.69 Å². The summed E-state index contributed by atoms with van der Waals surface area (Å²) in [5, 5.41) is 13.8. The highest BCUT2D eigenvalue weighted by Crippen LogP contribution is 2.19. The summed E-state index contributed by atoms with van der Waals surface area (Å²) in [5.41, 5.74) is 5.26. The van der Waals surface area contributed by atoms with Crippen LogP contribution in [0.5, 0.6) is 0 Å². The fourth-order valence-electron chi connectivity index (χ4n) is 1.43. The maximum Gasteiger partial charge on any atom is 0.186 e. The number of pyridine rings is 1. The summed E-state index contributed by atoms with van der Waals surface area (Å²) in [5.74, 6) is 0. The average Bonchev–Trinajstić information content (AvgIpc) is 2.44. The third-order valence-corrected chi connectivity index (χ3v) is 2.89. The van der Waals surface area contributed by atoms with Gasteiger partial charge < -0.3 is 0 Å². The second kappa shape index (κ2) is 5.98. The molecule has 0 aliphatic carbocycles. The highest BCUT2D eigenvalue weighted by atomic mass is 35.5. The molecule has 0 saturated carbocycles. The van der Waals surface area contributed by atoms with Gasteiger partial charge in [-0.15, -0.1) is 0 Å². The number of nitrogens with zero attached hydrogens (tertiary/aromatic N) is 3. The summed E-state index contributed by atoms with van der Waals surface area (Å²) < 4.78 is 0. The number of hydrazone groups is 1. The van der Waals surface area contributed by atoms with Crippen LogP contribution in [0.25, 0.3) is 0 Å². The lowest BCUT2D eigenvalue weighted by molar-refractivity contribution is 1.26. The summed E-state index contributed by atoms with van der Waals surface area (Å²) in [7, 11) is 0. The van der Waals surface area contributed by atoms with Crippen LogP contribution in [0.1, 0.15) is 11.3 Å². The first-order valence-electron chi connectivity index (χ1n) is 5.62. The first-order valence-corrected chi connectivity index (χ1v) is 6.00. The van der Waals surface area contributed by atoms with Gasteiger partial charge in [-0.05, 0) is 36.8 Å². The molecule has 0 fully saturated rings. The van der Waals surface area contributed by atoms with Gasteiger partial charge in [-0.3, -0.25) is 10.4 Å². The Bertz CT molecular complexity index is 644. The van der Waals surface area contributed by atoms with Crippen LogP contribution in [-0.2, 0) is 0 Å². The van der Waals surface area contributed by atoms with Crippen molar-refractivity contribution in [2.75, 3.05) is 5.43 Å². The van der Waals surface area contributed by atoms with E-state index >= 15 is 0 Å². The molecule has 0 amide bonds. The Morgan fingerprint density at radius 3 is 2.84 bits per heavy atom. The molecule has 2 aromatic rings. The summed E-state index contributed by atoms with van der Waals surface area (Å²) >= 11 is 6.01. The van der Waals surface area contributed by atoms with Gasteiger partial charge in [0.25, 0.3) is 0 Å². The molecule has 0 spiro atoms. The van der Waals surface area contributed by atoms with Gasteiger partial charge in [-0.1, -0.05) is 23.7 Å². The van der Waals surface area contributed by atoms with Crippen molar-refractivity contribution in [1.29, 1.82) is 5.26 Å². The Kier molecular flexibility index (Phi) is 4.11. The zero-order valence-electron chi connectivity index (χ0n) is 10.3. The van der Waals surface area contributed by atoms with Gasteiger partial charge in [-0.2, -0.15) is 10.4 Å². The van der Waals surface area contributed by atoms with E-state index in [9.17, 15) is 0 Å². The molecule has 0 aliphatic rings. The van der Waals surface area contributed by atoms with Crippen molar-refractivity contribution in [3.63, 3.8) is 0 Å². The molecular weight excluding hydrogens is 260 g/mol. The molecule has 1 heterocycles. The van der Waals surface area contributed by atoms with Crippen molar-refractivity contribution in [3.05, 3.63) is 58.9 Å². The Hall–Kier alpha value is -2.38. The normalized spacial score (nSPS) is 10.9. The van der Waals surface area contributed by atoms with E-state index in [0.717, 1.165) is 11.3 Å². The molecular formula is C14H11ClN4. The van der Waals surface area contributed by atoms with E-state index in [2.05, 4.69) is 15.5 Å². The van der Waals surface area contributed by atoms with Gasteiger partial charge in [0.1, 0.15) is 11.8 Å². The second-order valence-corrected chi connectivity index (χ2v) is 4.27. The number of nitrogens with one attached hydrogen (secondary N) is 1. The molecule has 0 unspecified atom stereocenters. The van der Waals surface area contributed by atoms with Gasteiger partial charge >= 0.3 is 0 Å². The van der Waals surface area contributed by atoms with Gasteiger partial charge in [0.2, 0.25) is 0 Å². The summed E-state index contributed by atoms with van der Waals surface area (Å²) in [6.45, 7) is 1.92. The topological polar surface area (TPSA) is 61.1 Å². The molecule has 1 N–H and O–H groups in total. The number of anilines is 1.